The zero-order chi connectivity index (χ0) is 20.1. The maximum Gasteiger partial charge on any atom is 0.325 e. The first-order valence-electron chi connectivity index (χ1n) is 9.69. The molecule has 150 valence electrons. The van der Waals surface area contributed by atoms with Gasteiger partial charge in [-0.15, -0.1) is 0 Å². The predicted molar refractivity (Wildman–Crippen MR) is 103 cm³/mol. The number of carbonyl (C=O) groups excluding carboxylic acids is 4. The molecule has 2 aliphatic rings. The van der Waals surface area contributed by atoms with E-state index in [0.29, 0.717) is 24.4 Å². The number of carbonyl (C=O) groups is 4. The number of nitrogens with zero attached hydrogens (tertiary/aromatic N) is 1. The quantitative estimate of drug-likeness (QED) is 0.646. The fourth-order valence-corrected chi connectivity index (χ4v) is 3.84. The summed E-state index contributed by atoms with van der Waals surface area (Å²) in [5.74, 6) is -0.691. The van der Waals surface area contributed by atoms with Crippen LogP contribution >= 0.6 is 0 Å². The SMILES string of the molecule is CCC1CCC2(CC1)NC(=O)N(CC(=O)NCC(=O)Nc1ccccc1)C2=O. The highest BCUT2D eigenvalue weighted by atomic mass is 16.2. The molecule has 8 heteroatoms. The van der Waals surface area contributed by atoms with Crippen LogP contribution in [0, 0.1) is 5.92 Å². The molecular formula is C20H26N4O4. The maximum atomic E-state index is 12.8. The molecule has 1 aliphatic heterocycles. The molecule has 1 saturated carbocycles. The molecule has 3 N–H and O–H groups in total. The summed E-state index contributed by atoms with van der Waals surface area (Å²) in [4.78, 5) is 50.0. The molecule has 1 aromatic rings. The van der Waals surface area contributed by atoms with Gasteiger partial charge < -0.3 is 16.0 Å². The van der Waals surface area contributed by atoms with Gasteiger partial charge in [0.2, 0.25) is 11.8 Å². The Morgan fingerprint density at radius 3 is 2.46 bits per heavy atom. The fraction of sp³-hybridized carbons (Fsp3) is 0.500. The van der Waals surface area contributed by atoms with Gasteiger partial charge in [0.1, 0.15) is 12.1 Å². The lowest BCUT2D eigenvalue weighted by Gasteiger charge is -2.34. The van der Waals surface area contributed by atoms with Gasteiger partial charge in [-0.05, 0) is 43.7 Å². The van der Waals surface area contributed by atoms with E-state index < -0.39 is 17.5 Å². The average molecular weight is 386 g/mol. The smallest absolute Gasteiger partial charge is 0.325 e. The normalized spacial score (nSPS) is 24.2. The third-order valence-corrected chi connectivity index (χ3v) is 5.59. The van der Waals surface area contributed by atoms with Crippen LogP contribution in [0.1, 0.15) is 39.0 Å². The third-order valence-electron chi connectivity index (χ3n) is 5.59. The summed E-state index contributed by atoms with van der Waals surface area (Å²) in [6.45, 7) is 1.51. The zero-order valence-corrected chi connectivity index (χ0v) is 16.0. The van der Waals surface area contributed by atoms with Gasteiger partial charge in [0.05, 0.1) is 6.54 Å². The van der Waals surface area contributed by atoms with Crippen molar-refractivity contribution in [1.82, 2.24) is 15.5 Å². The van der Waals surface area contributed by atoms with E-state index in [9.17, 15) is 19.2 Å². The topological polar surface area (TPSA) is 108 Å². The van der Waals surface area contributed by atoms with E-state index >= 15 is 0 Å². The highest BCUT2D eigenvalue weighted by Crippen LogP contribution is 2.37. The number of para-hydroxylation sites is 1. The molecule has 1 aliphatic carbocycles. The Kier molecular flexibility index (Phi) is 5.96. The van der Waals surface area contributed by atoms with Crippen LogP contribution < -0.4 is 16.0 Å². The van der Waals surface area contributed by atoms with E-state index in [0.717, 1.165) is 24.2 Å². The number of nitrogens with one attached hydrogen (secondary N) is 3. The summed E-state index contributed by atoms with van der Waals surface area (Å²) in [6.07, 6.45) is 4.06. The molecule has 3 rings (SSSR count). The van der Waals surface area contributed by atoms with Crippen molar-refractivity contribution in [3.63, 3.8) is 0 Å². The Labute approximate surface area is 164 Å². The number of anilines is 1. The van der Waals surface area contributed by atoms with Crippen LogP contribution in [0.4, 0.5) is 10.5 Å². The largest absolute Gasteiger partial charge is 0.345 e. The predicted octanol–water partition coefficient (Wildman–Crippen LogP) is 1.63. The summed E-state index contributed by atoms with van der Waals surface area (Å²) < 4.78 is 0. The van der Waals surface area contributed by atoms with Crippen molar-refractivity contribution in [3.05, 3.63) is 30.3 Å². The van der Waals surface area contributed by atoms with Crippen molar-refractivity contribution in [3.8, 4) is 0 Å². The molecule has 0 aromatic heterocycles. The van der Waals surface area contributed by atoms with Gasteiger partial charge >= 0.3 is 6.03 Å². The fourth-order valence-electron chi connectivity index (χ4n) is 3.84. The Morgan fingerprint density at radius 2 is 1.82 bits per heavy atom. The molecule has 1 spiro atoms. The molecule has 1 aromatic carbocycles. The van der Waals surface area contributed by atoms with E-state index in [4.69, 9.17) is 0 Å². The van der Waals surface area contributed by atoms with Crippen molar-refractivity contribution in [2.45, 2.75) is 44.6 Å². The summed E-state index contributed by atoms with van der Waals surface area (Å²) in [7, 11) is 0. The van der Waals surface area contributed by atoms with E-state index in [-0.39, 0.29) is 24.9 Å². The minimum absolute atomic E-state index is 0.235. The summed E-state index contributed by atoms with van der Waals surface area (Å²) in [6, 6.07) is 8.34. The number of urea groups is 1. The molecule has 0 unspecified atom stereocenters. The van der Waals surface area contributed by atoms with Gasteiger partial charge in [0, 0.05) is 5.69 Å². The molecule has 28 heavy (non-hydrogen) atoms. The monoisotopic (exact) mass is 386 g/mol. The summed E-state index contributed by atoms with van der Waals surface area (Å²) in [5, 5.41) is 7.90. The second-order valence-electron chi connectivity index (χ2n) is 7.45. The maximum absolute atomic E-state index is 12.8. The number of amides is 5. The van der Waals surface area contributed by atoms with Crippen LogP contribution in [0.15, 0.2) is 30.3 Å². The number of hydrogen-bond donors (Lipinski definition) is 3. The average Bonchev–Trinajstić information content (AvgIpc) is 2.92. The van der Waals surface area contributed by atoms with E-state index in [1.165, 1.54) is 0 Å². The minimum Gasteiger partial charge on any atom is -0.345 e. The number of hydrogen-bond acceptors (Lipinski definition) is 4. The molecule has 0 atom stereocenters. The van der Waals surface area contributed by atoms with Gasteiger partial charge in [-0.3, -0.25) is 19.3 Å². The molecule has 5 amide bonds. The molecule has 8 nitrogen and oxygen atoms in total. The van der Waals surface area contributed by atoms with Gasteiger partial charge in [0.25, 0.3) is 5.91 Å². The lowest BCUT2D eigenvalue weighted by Crippen LogP contribution is -2.50. The lowest BCUT2D eigenvalue weighted by molar-refractivity contribution is -0.136. The molecule has 1 heterocycles. The van der Waals surface area contributed by atoms with Crippen LogP contribution in [-0.2, 0) is 14.4 Å². The minimum atomic E-state index is -0.867. The Hall–Kier alpha value is -2.90. The van der Waals surface area contributed by atoms with Gasteiger partial charge in [-0.25, -0.2) is 4.79 Å². The van der Waals surface area contributed by atoms with Crippen LogP contribution in [0.2, 0.25) is 0 Å². The van der Waals surface area contributed by atoms with Crippen molar-refractivity contribution in [1.29, 1.82) is 0 Å². The Morgan fingerprint density at radius 1 is 1.14 bits per heavy atom. The van der Waals surface area contributed by atoms with Crippen LogP contribution in [0.3, 0.4) is 0 Å². The van der Waals surface area contributed by atoms with Crippen LogP contribution in [0.25, 0.3) is 0 Å². The summed E-state index contributed by atoms with van der Waals surface area (Å²) in [5.41, 5.74) is -0.242. The van der Waals surface area contributed by atoms with Gasteiger partial charge in [-0.2, -0.15) is 0 Å². The standard InChI is InChI=1S/C20H26N4O4/c1-2-14-8-10-20(11-9-14)18(27)24(19(28)23-20)13-17(26)21-12-16(25)22-15-6-4-3-5-7-15/h3-7,14H,2,8-13H2,1H3,(H,21,26)(H,22,25)(H,23,28). The van der Waals surface area contributed by atoms with E-state index in [1.54, 1.807) is 24.3 Å². The zero-order valence-electron chi connectivity index (χ0n) is 16.0. The number of benzene rings is 1. The van der Waals surface area contributed by atoms with E-state index in [2.05, 4.69) is 22.9 Å². The number of imide groups is 1. The Balaban J connectivity index is 1.49. The molecular weight excluding hydrogens is 360 g/mol. The summed E-state index contributed by atoms with van der Waals surface area (Å²) >= 11 is 0. The van der Waals surface area contributed by atoms with Crippen LogP contribution in [0.5, 0.6) is 0 Å². The lowest BCUT2D eigenvalue weighted by atomic mass is 9.75. The van der Waals surface area contributed by atoms with E-state index in [1.807, 2.05) is 6.07 Å². The van der Waals surface area contributed by atoms with Crippen molar-refractivity contribution in [2.75, 3.05) is 18.4 Å². The molecule has 0 bridgehead atoms. The van der Waals surface area contributed by atoms with Crippen LogP contribution in [-0.4, -0.2) is 47.3 Å². The van der Waals surface area contributed by atoms with Gasteiger partial charge in [-0.1, -0.05) is 31.5 Å². The Bertz CT molecular complexity index is 757. The molecule has 0 radical (unpaired) electrons. The third kappa shape index (κ3) is 4.32. The molecule has 2 fully saturated rings. The first-order valence-corrected chi connectivity index (χ1v) is 9.69. The highest BCUT2D eigenvalue weighted by Gasteiger charge is 2.52. The van der Waals surface area contributed by atoms with Crippen molar-refractivity contribution in [2.24, 2.45) is 5.92 Å². The van der Waals surface area contributed by atoms with Crippen molar-refractivity contribution >= 4 is 29.4 Å². The van der Waals surface area contributed by atoms with Crippen molar-refractivity contribution < 1.29 is 19.2 Å². The highest BCUT2D eigenvalue weighted by molar-refractivity contribution is 6.09. The first-order chi connectivity index (χ1) is 13.4. The second kappa shape index (κ2) is 8.41. The second-order valence-corrected chi connectivity index (χ2v) is 7.45. The number of rotatable bonds is 6. The molecule has 1 saturated heterocycles. The van der Waals surface area contributed by atoms with Gasteiger partial charge in [0.15, 0.2) is 0 Å². The first kappa shape index (κ1) is 19.9.